The minimum absolute atomic E-state index is 0.0554. The van der Waals surface area contributed by atoms with Crippen molar-refractivity contribution in [2.24, 2.45) is 0 Å². The van der Waals surface area contributed by atoms with Gasteiger partial charge in [0.2, 0.25) is 5.91 Å². The van der Waals surface area contributed by atoms with Crippen molar-refractivity contribution in [2.75, 3.05) is 40.9 Å². The predicted octanol–water partition coefficient (Wildman–Crippen LogP) is 22.4. The molecule has 0 saturated carbocycles. The van der Waals surface area contributed by atoms with Crippen molar-refractivity contribution in [1.29, 1.82) is 0 Å². The van der Waals surface area contributed by atoms with Crippen molar-refractivity contribution in [3.63, 3.8) is 0 Å². The highest BCUT2D eigenvalue weighted by Gasteiger charge is 2.28. The molecule has 0 aliphatic heterocycles. The number of likely N-dealkylation sites (N-methyl/N-ethyl adjacent to an activating group) is 1. The first-order valence-corrected chi connectivity index (χ1v) is 36.9. The van der Waals surface area contributed by atoms with E-state index in [9.17, 15) is 19.4 Å². The van der Waals surface area contributed by atoms with Crippen molar-refractivity contribution in [1.82, 2.24) is 5.32 Å². The number of amides is 1. The zero-order valence-electron chi connectivity index (χ0n) is 54.3. The van der Waals surface area contributed by atoms with Crippen LogP contribution in [0.4, 0.5) is 0 Å². The number of rotatable bonds is 66. The Bertz CT molecular complexity index is 1400. The zero-order chi connectivity index (χ0) is 58.4. The minimum atomic E-state index is -4.36. The van der Waals surface area contributed by atoms with Crippen LogP contribution in [0, 0.1) is 0 Å². The fourth-order valence-corrected chi connectivity index (χ4v) is 11.6. The van der Waals surface area contributed by atoms with E-state index in [2.05, 4.69) is 43.5 Å². The van der Waals surface area contributed by atoms with Crippen LogP contribution in [0.2, 0.25) is 0 Å². The fraction of sp³-hybridized carbons (Fsp3) is 0.901. The maximum absolute atomic E-state index is 13.0. The van der Waals surface area contributed by atoms with E-state index >= 15 is 0 Å². The molecule has 0 rings (SSSR count). The van der Waals surface area contributed by atoms with E-state index in [0.717, 1.165) is 44.9 Å². The van der Waals surface area contributed by atoms with Gasteiger partial charge in [-0.1, -0.05) is 346 Å². The number of phosphoric ester groups is 1. The molecule has 0 aromatic heterocycles. The van der Waals surface area contributed by atoms with E-state index in [4.69, 9.17) is 9.05 Å². The van der Waals surface area contributed by atoms with Crippen LogP contribution in [0.1, 0.15) is 361 Å². The summed E-state index contributed by atoms with van der Waals surface area (Å²) in [5.74, 6) is -0.183. The highest BCUT2D eigenvalue weighted by Crippen LogP contribution is 2.43. The number of nitrogens with zero attached hydrogens (tertiary/aromatic N) is 1. The number of carbonyl (C=O) groups excluding carboxylic acids is 1. The standard InChI is InChI=1S/C71H139N2O6P/c1-6-8-10-12-14-16-18-20-22-24-26-28-30-32-34-36-37-39-41-43-45-47-49-51-53-55-57-59-61-63-65-71(75)72-69(68-79-80(76,77)78-67-66-73(3,4)5)70(74)64-62-60-58-56-54-52-50-48-46-44-42-40-38-35-33-31-29-27-25-23-21-19-17-15-13-11-9-7-2/h46,48,54,56,62,64,69-70,74H,6-45,47,49-53,55,57-61,63,65-68H2,1-5H3,(H-,72,75,76,77)/p+1/b48-46+,56-54+,64-62+. The lowest BCUT2D eigenvalue weighted by Crippen LogP contribution is -2.45. The largest absolute Gasteiger partial charge is 0.472 e. The number of phosphoric acid groups is 1. The average Bonchev–Trinajstić information content (AvgIpc) is 3.42. The van der Waals surface area contributed by atoms with Crippen LogP contribution in [0.5, 0.6) is 0 Å². The number of quaternary nitrogens is 1. The Labute approximate surface area is 499 Å². The maximum Gasteiger partial charge on any atom is 0.472 e. The number of hydrogen-bond acceptors (Lipinski definition) is 5. The predicted molar refractivity (Wildman–Crippen MR) is 351 cm³/mol. The summed E-state index contributed by atoms with van der Waals surface area (Å²) in [5, 5.41) is 14.0. The number of hydrogen-bond donors (Lipinski definition) is 3. The minimum Gasteiger partial charge on any atom is -0.387 e. The summed E-state index contributed by atoms with van der Waals surface area (Å²) >= 11 is 0. The zero-order valence-corrected chi connectivity index (χ0v) is 55.2. The number of unbranched alkanes of at least 4 members (excludes halogenated alkanes) is 49. The molecule has 0 aromatic rings. The molecule has 0 bridgehead atoms. The topological polar surface area (TPSA) is 105 Å². The van der Waals surface area contributed by atoms with Crippen molar-refractivity contribution in [3.8, 4) is 0 Å². The first-order valence-electron chi connectivity index (χ1n) is 35.4. The first-order chi connectivity index (χ1) is 39.0. The number of allylic oxidation sites excluding steroid dienone is 5. The number of carbonyl (C=O) groups is 1. The number of aliphatic hydroxyl groups excluding tert-OH is 1. The molecular formula is C71H140N2O6P+. The highest BCUT2D eigenvalue weighted by atomic mass is 31.2. The molecule has 0 aliphatic carbocycles. The molecule has 3 unspecified atom stereocenters. The molecule has 0 radical (unpaired) electrons. The molecule has 0 heterocycles. The van der Waals surface area contributed by atoms with Crippen LogP contribution < -0.4 is 5.32 Å². The van der Waals surface area contributed by atoms with E-state index in [1.807, 2.05) is 27.2 Å². The molecule has 8 nitrogen and oxygen atoms in total. The fourth-order valence-electron chi connectivity index (χ4n) is 10.8. The molecule has 1 amide bonds. The lowest BCUT2D eigenvalue weighted by molar-refractivity contribution is -0.870. The van der Waals surface area contributed by atoms with Crippen LogP contribution in [0.3, 0.4) is 0 Å². The number of nitrogens with one attached hydrogen (secondary N) is 1. The second-order valence-corrected chi connectivity index (χ2v) is 27.1. The molecule has 474 valence electrons. The van der Waals surface area contributed by atoms with Gasteiger partial charge in [0.25, 0.3) is 0 Å². The Morgan fingerprint density at radius 1 is 0.412 bits per heavy atom. The average molecular weight is 1150 g/mol. The second-order valence-electron chi connectivity index (χ2n) is 25.6. The third-order valence-electron chi connectivity index (χ3n) is 16.3. The smallest absolute Gasteiger partial charge is 0.387 e. The Morgan fingerprint density at radius 3 is 1.00 bits per heavy atom. The van der Waals surface area contributed by atoms with Gasteiger partial charge in [0.1, 0.15) is 13.2 Å². The third kappa shape index (κ3) is 64.3. The van der Waals surface area contributed by atoms with Gasteiger partial charge in [-0.05, 0) is 44.9 Å². The maximum atomic E-state index is 13.0. The van der Waals surface area contributed by atoms with Gasteiger partial charge in [-0.25, -0.2) is 4.57 Å². The van der Waals surface area contributed by atoms with Crippen molar-refractivity contribution in [2.45, 2.75) is 373 Å². The lowest BCUT2D eigenvalue weighted by Gasteiger charge is -2.25. The van der Waals surface area contributed by atoms with Gasteiger partial charge >= 0.3 is 7.82 Å². The molecule has 0 aliphatic rings. The molecule has 0 aromatic carbocycles. The van der Waals surface area contributed by atoms with E-state index in [1.54, 1.807) is 6.08 Å². The van der Waals surface area contributed by atoms with E-state index in [-0.39, 0.29) is 19.1 Å². The normalized spacial score (nSPS) is 13.8. The van der Waals surface area contributed by atoms with Gasteiger partial charge in [-0.3, -0.25) is 13.8 Å². The summed E-state index contributed by atoms with van der Waals surface area (Å²) in [6, 6.07) is -0.869. The Morgan fingerprint density at radius 2 is 0.688 bits per heavy atom. The van der Waals surface area contributed by atoms with Crippen molar-refractivity contribution < 1.29 is 32.9 Å². The van der Waals surface area contributed by atoms with Gasteiger partial charge in [-0.15, -0.1) is 0 Å². The molecular weight excluding hydrogens is 1010 g/mol. The monoisotopic (exact) mass is 1150 g/mol. The van der Waals surface area contributed by atoms with E-state index in [0.29, 0.717) is 17.4 Å². The van der Waals surface area contributed by atoms with Gasteiger partial charge in [0.15, 0.2) is 0 Å². The highest BCUT2D eigenvalue weighted by molar-refractivity contribution is 7.47. The van der Waals surface area contributed by atoms with Crippen LogP contribution in [0.15, 0.2) is 36.5 Å². The van der Waals surface area contributed by atoms with Crippen LogP contribution in [0.25, 0.3) is 0 Å². The van der Waals surface area contributed by atoms with E-state index in [1.165, 1.54) is 295 Å². The summed E-state index contributed by atoms with van der Waals surface area (Å²) in [6.07, 6.45) is 83.1. The van der Waals surface area contributed by atoms with Crippen LogP contribution in [-0.4, -0.2) is 73.4 Å². The first kappa shape index (κ1) is 78.7. The van der Waals surface area contributed by atoms with Gasteiger partial charge in [0, 0.05) is 6.42 Å². The third-order valence-corrected chi connectivity index (χ3v) is 17.3. The second kappa shape index (κ2) is 62.3. The summed E-state index contributed by atoms with van der Waals surface area (Å²) in [6.45, 7) is 4.85. The SMILES string of the molecule is CCCCCCCCCCCCCCCCCCCC/C=C/CC/C=C/CC/C=C/C(O)C(COP(=O)(O)OCC[N+](C)(C)C)NC(=O)CCCCCCCCCCCCCCCCCCCCCCCCCCCCCCCC. The van der Waals surface area contributed by atoms with Crippen LogP contribution in [-0.2, 0) is 18.4 Å². The van der Waals surface area contributed by atoms with Gasteiger partial charge in [-0.2, -0.15) is 0 Å². The Kier molecular flexibility index (Phi) is 61.3. The molecule has 0 spiro atoms. The summed E-state index contributed by atoms with van der Waals surface area (Å²) in [5.41, 5.74) is 0. The summed E-state index contributed by atoms with van der Waals surface area (Å²) < 4.78 is 23.8. The van der Waals surface area contributed by atoms with Crippen molar-refractivity contribution in [3.05, 3.63) is 36.5 Å². The number of aliphatic hydroxyl groups is 1. The molecule has 9 heteroatoms. The Hall–Kier alpha value is -1.28. The summed E-state index contributed by atoms with van der Waals surface area (Å²) in [7, 11) is 1.56. The lowest BCUT2D eigenvalue weighted by atomic mass is 10.0. The summed E-state index contributed by atoms with van der Waals surface area (Å²) in [4.78, 5) is 23.4. The van der Waals surface area contributed by atoms with E-state index < -0.39 is 20.0 Å². The molecule has 3 atom stereocenters. The Balaban J connectivity index is 4.09. The molecule has 0 fully saturated rings. The van der Waals surface area contributed by atoms with Gasteiger partial charge < -0.3 is 19.8 Å². The van der Waals surface area contributed by atoms with Gasteiger partial charge in [0.05, 0.1) is 39.9 Å². The molecule has 0 saturated heterocycles. The van der Waals surface area contributed by atoms with Crippen LogP contribution >= 0.6 is 7.82 Å². The molecule has 3 N–H and O–H groups in total. The molecule has 80 heavy (non-hydrogen) atoms. The quantitative estimate of drug-likeness (QED) is 0.0243. The van der Waals surface area contributed by atoms with Crippen molar-refractivity contribution >= 4 is 13.7 Å².